The maximum Gasteiger partial charge on any atom is 0.0990 e. The normalized spacial score (nSPS) is 21.0. The van der Waals surface area contributed by atoms with Crippen molar-refractivity contribution in [2.24, 2.45) is 0 Å². The summed E-state index contributed by atoms with van der Waals surface area (Å²) in [4.78, 5) is 1.01. The fourth-order valence-corrected chi connectivity index (χ4v) is 2.12. The Kier molecular flexibility index (Phi) is 1.31. The molecule has 0 aliphatic heterocycles. The number of hydrogen-bond donors (Lipinski definition) is 1. The standard InChI is InChI=1S/C7H7ClOS/c8-6-2-1-5(10-6)7(9)3-4-7/h1-2,9H,3-4H2. The maximum absolute atomic E-state index is 9.57. The van der Waals surface area contributed by atoms with Gasteiger partial charge < -0.3 is 5.11 Å². The minimum Gasteiger partial charge on any atom is -0.384 e. The van der Waals surface area contributed by atoms with Gasteiger partial charge in [-0.3, -0.25) is 0 Å². The second kappa shape index (κ2) is 1.97. The highest BCUT2D eigenvalue weighted by Crippen LogP contribution is 2.48. The topological polar surface area (TPSA) is 20.2 Å². The van der Waals surface area contributed by atoms with E-state index < -0.39 is 5.60 Å². The number of aliphatic hydroxyl groups is 1. The van der Waals surface area contributed by atoms with E-state index in [9.17, 15) is 5.11 Å². The first kappa shape index (κ1) is 6.65. The maximum atomic E-state index is 9.57. The van der Waals surface area contributed by atoms with E-state index in [1.807, 2.05) is 12.1 Å². The Balaban J connectivity index is 2.34. The fourth-order valence-electron chi connectivity index (χ4n) is 0.929. The van der Waals surface area contributed by atoms with Crippen molar-refractivity contribution in [1.29, 1.82) is 0 Å². The summed E-state index contributed by atoms with van der Waals surface area (Å²) in [6.07, 6.45) is 1.79. The molecule has 10 heavy (non-hydrogen) atoms. The average molecular weight is 175 g/mol. The van der Waals surface area contributed by atoms with E-state index >= 15 is 0 Å². The lowest BCUT2D eigenvalue weighted by atomic mass is 10.3. The third-order valence-corrected chi connectivity index (χ3v) is 3.18. The van der Waals surface area contributed by atoms with Gasteiger partial charge in [0.2, 0.25) is 0 Å². The van der Waals surface area contributed by atoms with Crippen molar-refractivity contribution >= 4 is 22.9 Å². The summed E-state index contributed by atoms with van der Waals surface area (Å²) < 4.78 is 0.760. The molecule has 1 N–H and O–H groups in total. The predicted octanol–water partition coefficient (Wildman–Crippen LogP) is 2.38. The summed E-state index contributed by atoms with van der Waals surface area (Å²) in [5, 5.41) is 9.57. The van der Waals surface area contributed by atoms with Crippen molar-refractivity contribution in [3.8, 4) is 0 Å². The monoisotopic (exact) mass is 174 g/mol. The molecule has 1 aromatic rings. The van der Waals surface area contributed by atoms with Gasteiger partial charge in [0.25, 0.3) is 0 Å². The van der Waals surface area contributed by atoms with E-state index in [2.05, 4.69) is 0 Å². The van der Waals surface area contributed by atoms with Crippen LogP contribution in [-0.2, 0) is 5.60 Å². The SMILES string of the molecule is OC1(c2ccc(Cl)s2)CC1. The van der Waals surface area contributed by atoms with Crippen LogP contribution in [0.3, 0.4) is 0 Å². The quantitative estimate of drug-likeness (QED) is 0.693. The molecule has 1 fully saturated rings. The van der Waals surface area contributed by atoms with Crippen molar-refractivity contribution in [3.63, 3.8) is 0 Å². The van der Waals surface area contributed by atoms with Crippen LogP contribution in [0.1, 0.15) is 17.7 Å². The largest absolute Gasteiger partial charge is 0.384 e. The van der Waals surface area contributed by atoms with Crippen molar-refractivity contribution in [1.82, 2.24) is 0 Å². The van der Waals surface area contributed by atoms with Crippen molar-refractivity contribution in [3.05, 3.63) is 21.3 Å². The van der Waals surface area contributed by atoms with Gasteiger partial charge in [-0.1, -0.05) is 11.6 Å². The van der Waals surface area contributed by atoms with Crippen LogP contribution in [0.5, 0.6) is 0 Å². The predicted molar refractivity (Wildman–Crippen MR) is 42.5 cm³/mol. The number of thiophene rings is 1. The molecule has 1 aliphatic carbocycles. The molecular formula is C7H7ClOS. The van der Waals surface area contributed by atoms with E-state index in [1.165, 1.54) is 11.3 Å². The van der Waals surface area contributed by atoms with Crippen LogP contribution >= 0.6 is 22.9 Å². The van der Waals surface area contributed by atoms with Gasteiger partial charge in [0.1, 0.15) is 0 Å². The molecule has 1 heterocycles. The number of rotatable bonds is 1. The zero-order valence-electron chi connectivity index (χ0n) is 5.30. The Hall–Kier alpha value is -0.0500. The van der Waals surface area contributed by atoms with Gasteiger partial charge in [-0.05, 0) is 25.0 Å². The van der Waals surface area contributed by atoms with Gasteiger partial charge in [0.15, 0.2) is 0 Å². The lowest BCUT2D eigenvalue weighted by Crippen LogP contribution is -1.99. The van der Waals surface area contributed by atoms with Gasteiger partial charge in [0, 0.05) is 4.88 Å². The first-order valence-electron chi connectivity index (χ1n) is 3.19. The summed E-state index contributed by atoms with van der Waals surface area (Å²) in [5.74, 6) is 0. The molecule has 1 nitrogen and oxygen atoms in total. The van der Waals surface area contributed by atoms with Crippen LogP contribution in [0.2, 0.25) is 4.34 Å². The van der Waals surface area contributed by atoms with E-state index in [1.54, 1.807) is 0 Å². The Bertz CT molecular complexity index is 252. The molecule has 0 aromatic carbocycles. The molecule has 0 radical (unpaired) electrons. The fraction of sp³-hybridized carbons (Fsp3) is 0.429. The van der Waals surface area contributed by atoms with Gasteiger partial charge in [-0.2, -0.15) is 0 Å². The summed E-state index contributed by atoms with van der Waals surface area (Å²) >= 11 is 7.17. The van der Waals surface area contributed by atoms with Gasteiger partial charge in [-0.25, -0.2) is 0 Å². The first-order chi connectivity index (χ1) is 4.71. The summed E-state index contributed by atoms with van der Waals surface area (Å²) in [7, 11) is 0. The Morgan fingerprint density at radius 2 is 2.20 bits per heavy atom. The zero-order chi connectivity index (χ0) is 7.19. The van der Waals surface area contributed by atoms with Crippen LogP contribution in [0.4, 0.5) is 0 Å². The Labute approximate surface area is 68.3 Å². The molecule has 0 atom stereocenters. The van der Waals surface area contributed by atoms with E-state index in [0.29, 0.717) is 0 Å². The van der Waals surface area contributed by atoms with Crippen LogP contribution < -0.4 is 0 Å². The van der Waals surface area contributed by atoms with Crippen molar-refractivity contribution in [2.45, 2.75) is 18.4 Å². The minimum absolute atomic E-state index is 0.502. The second-order valence-corrected chi connectivity index (χ2v) is 4.35. The smallest absolute Gasteiger partial charge is 0.0990 e. The van der Waals surface area contributed by atoms with Crippen molar-refractivity contribution < 1.29 is 5.11 Å². The van der Waals surface area contributed by atoms with Crippen LogP contribution in [-0.4, -0.2) is 5.11 Å². The third-order valence-electron chi connectivity index (χ3n) is 1.76. The van der Waals surface area contributed by atoms with E-state index in [4.69, 9.17) is 11.6 Å². The number of hydrogen-bond acceptors (Lipinski definition) is 2. The minimum atomic E-state index is -0.502. The highest BCUT2D eigenvalue weighted by molar-refractivity contribution is 7.16. The second-order valence-electron chi connectivity index (χ2n) is 2.64. The molecule has 1 aliphatic rings. The highest BCUT2D eigenvalue weighted by Gasteiger charge is 2.43. The molecule has 0 bridgehead atoms. The molecular weight excluding hydrogens is 168 g/mol. The molecule has 0 saturated heterocycles. The first-order valence-corrected chi connectivity index (χ1v) is 4.38. The average Bonchev–Trinajstić information content (AvgIpc) is 2.45. The van der Waals surface area contributed by atoms with Gasteiger partial charge >= 0.3 is 0 Å². The molecule has 0 spiro atoms. The van der Waals surface area contributed by atoms with Crippen LogP contribution in [0, 0.1) is 0 Å². The van der Waals surface area contributed by atoms with Gasteiger partial charge in [0.05, 0.1) is 9.94 Å². The Morgan fingerprint density at radius 3 is 2.60 bits per heavy atom. The van der Waals surface area contributed by atoms with E-state index in [0.717, 1.165) is 22.1 Å². The zero-order valence-corrected chi connectivity index (χ0v) is 6.87. The molecule has 3 heteroatoms. The third kappa shape index (κ3) is 0.965. The van der Waals surface area contributed by atoms with E-state index in [-0.39, 0.29) is 0 Å². The summed E-state index contributed by atoms with van der Waals surface area (Å²) in [6.45, 7) is 0. The number of halogens is 1. The van der Waals surface area contributed by atoms with Crippen molar-refractivity contribution in [2.75, 3.05) is 0 Å². The van der Waals surface area contributed by atoms with Gasteiger partial charge in [-0.15, -0.1) is 11.3 Å². The highest BCUT2D eigenvalue weighted by atomic mass is 35.5. The Morgan fingerprint density at radius 1 is 1.50 bits per heavy atom. The molecule has 1 aromatic heterocycles. The summed E-state index contributed by atoms with van der Waals surface area (Å²) in [6, 6.07) is 3.73. The lowest BCUT2D eigenvalue weighted by Gasteiger charge is -2.00. The lowest BCUT2D eigenvalue weighted by molar-refractivity contribution is 0.155. The summed E-state index contributed by atoms with van der Waals surface area (Å²) in [5.41, 5.74) is -0.502. The molecule has 0 unspecified atom stereocenters. The molecule has 0 amide bonds. The van der Waals surface area contributed by atoms with Crippen LogP contribution in [0.25, 0.3) is 0 Å². The molecule has 2 rings (SSSR count). The van der Waals surface area contributed by atoms with Crippen LogP contribution in [0.15, 0.2) is 12.1 Å². The molecule has 1 saturated carbocycles. The molecule has 54 valence electrons.